The first-order chi connectivity index (χ1) is 26.9. The highest BCUT2D eigenvalue weighted by molar-refractivity contribution is 7.99. The van der Waals surface area contributed by atoms with Crippen LogP contribution in [0.5, 0.6) is 28.7 Å². The standard InChI is InChI=1S/C42H46N4O9S/c1-18-11-22-13-26-41(50)46-27-14-52-15-28(48)42(40-24(12-19(2)44-42)23-9-7-8-10-25(23)43-40)16-56-39(33(46)32(45(26)5)29(22)34(49)35(18)51-6)31-30(27)38-37(53-17-54-38)20(3)36(31)55-21(4)47/h7-11,19,26-27,32-33,39,41,43-44,49-50H,12-17H2,1-6H3/t19?,26-,27+,32+,33?,39-,41+,42+/m1/s1. The highest BCUT2D eigenvalue weighted by Gasteiger charge is 2.61. The number of phenolic OH excluding ortho intramolecular Hbond substituents is 1. The Morgan fingerprint density at radius 2 is 1.88 bits per heavy atom. The Morgan fingerprint density at radius 1 is 1.09 bits per heavy atom. The molecule has 3 aromatic carbocycles. The molecule has 0 saturated carbocycles. The number of phenols is 1. The number of hydrogen-bond acceptors (Lipinski definition) is 13. The lowest BCUT2D eigenvalue weighted by atomic mass is 9.73. The fraction of sp³-hybridized carbons (Fsp3) is 0.476. The molecular formula is C42H46N4O9S. The summed E-state index contributed by atoms with van der Waals surface area (Å²) < 4.78 is 30.9. The van der Waals surface area contributed by atoms with E-state index < -0.39 is 41.1 Å². The van der Waals surface area contributed by atoms with E-state index in [-0.39, 0.29) is 49.4 Å². The van der Waals surface area contributed by atoms with Crippen molar-refractivity contribution in [2.24, 2.45) is 0 Å². The van der Waals surface area contributed by atoms with Crippen LogP contribution in [0.1, 0.15) is 75.8 Å². The molecule has 1 spiro atoms. The summed E-state index contributed by atoms with van der Waals surface area (Å²) in [6.45, 7) is 7.08. The van der Waals surface area contributed by atoms with Crippen LogP contribution >= 0.6 is 11.8 Å². The second kappa shape index (κ2) is 12.9. The summed E-state index contributed by atoms with van der Waals surface area (Å²) in [7, 11) is 3.55. The molecule has 4 N–H and O–H groups in total. The number of para-hydroxylation sites is 1. The first-order valence-electron chi connectivity index (χ1n) is 19.3. The second-order valence-electron chi connectivity index (χ2n) is 16.2. The molecule has 0 aliphatic carbocycles. The van der Waals surface area contributed by atoms with Crippen molar-refractivity contribution < 1.29 is 43.5 Å². The number of nitrogens with one attached hydrogen (secondary N) is 2. The quantitative estimate of drug-likeness (QED) is 0.166. The Hall–Kier alpha value is -4.31. The van der Waals surface area contributed by atoms with Crippen LogP contribution in [-0.4, -0.2) is 101 Å². The molecule has 56 heavy (non-hydrogen) atoms. The first-order valence-corrected chi connectivity index (χ1v) is 20.3. The van der Waals surface area contributed by atoms with Crippen LogP contribution in [0.3, 0.4) is 0 Å². The maximum Gasteiger partial charge on any atom is 0.308 e. The van der Waals surface area contributed by atoms with E-state index in [1.807, 2.05) is 39.1 Å². The van der Waals surface area contributed by atoms with Crippen LogP contribution in [-0.2, 0) is 32.7 Å². The van der Waals surface area contributed by atoms with Crippen molar-refractivity contribution in [2.45, 2.75) is 87.8 Å². The number of aromatic amines is 1. The normalized spacial score (nSPS) is 30.7. The number of carbonyl (C=O) groups is 2. The molecular weight excluding hydrogens is 737 g/mol. The summed E-state index contributed by atoms with van der Waals surface area (Å²) in [4.78, 5) is 35.9. The third kappa shape index (κ3) is 4.86. The minimum atomic E-state index is -1.17. The van der Waals surface area contributed by atoms with Crippen molar-refractivity contribution >= 4 is 34.4 Å². The number of aromatic nitrogens is 1. The summed E-state index contributed by atoms with van der Waals surface area (Å²) in [6.07, 6.45) is 0.237. The average Bonchev–Trinajstić information content (AvgIpc) is 3.80. The van der Waals surface area contributed by atoms with Gasteiger partial charge < -0.3 is 38.9 Å². The van der Waals surface area contributed by atoms with Crippen molar-refractivity contribution in [1.82, 2.24) is 20.1 Å². The number of aryl methyl sites for hydroxylation is 1. The molecule has 2 fully saturated rings. The van der Waals surface area contributed by atoms with Gasteiger partial charge in [0.25, 0.3) is 0 Å². The number of hydrogen-bond donors (Lipinski definition) is 4. The molecule has 13 nitrogen and oxygen atoms in total. The number of nitrogens with zero attached hydrogens (tertiary/aromatic N) is 2. The van der Waals surface area contributed by atoms with E-state index in [1.54, 1.807) is 18.9 Å². The van der Waals surface area contributed by atoms with Gasteiger partial charge in [0.1, 0.15) is 24.1 Å². The molecule has 0 amide bonds. The van der Waals surface area contributed by atoms with Crippen LogP contribution < -0.4 is 24.3 Å². The first kappa shape index (κ1) is 36.1. The molecule has 8 atom stereocenters. The third-order valence-electron chi connectivity index (χ3n) is 13.1. The highest BCUT2D eigenvalue weighted by atomic mass is 32.2. The second-order valence-corrected chi connectivity index (χ2v) is 17.3. The number of aromatic hydroxyl groups is 1. The van der Waals surface area contributed by atoms with E-state index in [1.165, 1.54) is 6.92 Å². The topological polar surface area (TPSA) is 155 Å². The molecule has 294 valence electrons. The number of thioether (sulfide) groups is 1. The van der Waals surface area contributed by atoms with Gasteiger partial charge in [0.15, 0.2) is 28.8 Å². The van der Waals surface area contributed by atoms with E-state index in [0.717, 1.165) is 50.8 Å². The van der Waals surface area contributed by atoms with Crippen molar-refractivity contribution in [1.29, 1.82) is 0 Å². The predicted molar refractivity (Wildman–Crippen MR) is 208 cm³/mol. The number of likely N-dealkylation sites (N-methyl/N-ethyl adjacent to an activating group) is 1. The van der Waals surface area contributed by atoms with Gasteiger partial charge in [0.2, 0.25) is 6.79 Å². The number of aliphatic hydroxyl groups excluding tert-OH is 1. The maximum atomic E-state index is 14.9. The van der Waals surface area contributed by atoms with Gasteiger partial charge in [0, 0.05) is 63.6 Å². The Morgan fingerprint density at radius 3 is 2.66 bits per heavy atom. The van der Waals surface area contributed by atoms with E-state index in [9.17, 15) is 19.8 Å². The van der Waals surface area contributed by atoms with Crippen LogP contribution in [0.4, 0.5) is 0 Å². The Labute approximate surface area is 328 Å². The van der Waals surface area contributed by atoms with E-state index in [4.69, 9.17) is 23.7 Å². The maximum absolute atomic E-state index is 14.9. The van der Waals surface area contributed by atoms with Gasteiger partial charge in [-0.05, 0) is 63.4 Å². The van der Waals surface area contributed by atoms with Gasteiger partial charge in [-0.3, -0.25) is 24.7 Å². The third-order valence-corrected chi connectivity index (χ3v) is 14.6. The molecule has 4 aromatic rings. The van der Waals surface area contributed by atoms with Crippen molar-refractivity contribution in [3.8, 4) is 28.7 Å². The number of piperazine rings is 1. The monoisotopic (exact) mass is 782 g/mol. The number of esters is 1. The number of ether oxygens (including phenoxy) is 5. The Kier molecular flexibility index (Phi) is 8.27. The number of aliphatic hydroxyl groups is 1. The number of benzene rings is 3. The summed E-state index contributed by atoms with van der Waals surface area (Å²) in [6, 6.07) is 8.19. The SMILES string of the molecule is COc1c(C)cc2c(c1O)[C@H]1C3[C@@H]4SC[C@]5(NC(C)Cc6c5[nH]c5ccccc65)C(=O)COC[C@@H](c5c6c(c(C)c(OC(C)=O)c54)OCO6)N3[C@@H](O)[C@@H](C2)N1C. The molecule has 2 unspecified atom stereocenters. The smallest absolute Gasteiger partial charge is 0.308 e. The van der Waals surface area contributed by atoms with E-state index in [2.05, 4.69) is 39.2 Å². The van der Waals surface area contributed by atoms with Gasteiger partial charge in [-0.2, -0.15) is 0 Å². The van der Waals surface area contributed by atoms with Crippen LogP contribution in [0.25, 0.3) is 10.9 Å². The molecule has 8 heterocycles. The molecule has 11 rings (SSSR count). The summed E-state index contributed by atoms with van der Waals surface area (Å²) >= 11 is 1.58. The van der Waals surface area contributed by atoms with Gasteiger partial charge in [-0.15, -0.1) is 11.8 Å². The number of carbonyl (C=O) groups excluding carboxylic acids is 2. The molecule has 4 bridgehead atoms. The molecule has 1 aromatic heterocycles. The fourth-order valence-electron chi connectivity index (χ4n) is 10.9. The predicted octanol–water partition coefficient (Wildman–Crippen LogP) is 4.61. The Bertz CT molecular complexity index is 2350. The van der Waals surface area contributed by atoms with Crippen LogP contribution in [0.15, 0.2) is 30.3 Å². The van der Waals surface area contributed by atoms with Crippen molar-refractivity contribution in [2.75, 3.05) is 39.9 Å². The summed E-state index contributed by atoms with van der Waals surface area (Å²) in [5, 5.41) is 29.1. The van der Waals surface area contributed by atoms with Gasteiger partial charge in [-0.1, -0.05) is 24.3 Å². The minimum Gasteiger partial charge on any atom is -0.504 e. The molecule has 2 saturated heterocycles. The largest absolute Gasteiger partial charge is 0.504 e. The average molecular weight is 783 g/mol. The number of H-pyrrole nitrogens is 1. The minimum absolute atomic E-state index is 0.0203. The van der Waals surface area contributed by atoms with E-state index >= 15 is 0 Å². The lowest BCUT2D eigenvalue weighted by molar-refractivity contribution is -0.181. The summed E-state index contributed by atoms with van der Waals surface area (Å²) in [5.41, 5.74) is 6.26. The number of fused-ring (bicyclic) bond motifs is 12. The summed E-state index contributed by atoms with van der Waals surface area (Å²) in [5.74, 6) is 1.53. The highest BCUT2D eigenvalue weighted by Crippen LogP contribution is 2.64. The van der Waals surface area contributed by atoms with Crippen LogP contribution in [0.2, 0.25) is 0 Å². The number of Topliss-reactive ketones (excluding diaryl/α,β-unsaturated/α-hetero) is 1. The zero-order chi connectivity index (χ0) is 38.9. The van der Waals surface area contributed by atoms with Crippen molar-refractivity contribution in [3.05, 3.63) is 75.0 Å². The lowest BCUT2D eigenvalue weighted by Crippen LogP contribution is -2.69. The van der Waals surface area contributed by atoms with Gasteiger partial charge in [-0.25, -0.2) is 0 Å². The van der Waals surface area contributed by atoms with Gasteiger partial charge in [0.05, 0.1) is 37.1 Å². The molecule has 0 radical (unpaired) electrons. The zero-order valence-corrected chi connectivity index (χ0v) is 33.0. The van der Waals surface area contributed by atoms with E-state index in [0.29, 0.717) is 40.5 Å². The zero-order valence-electron chi connectivity index (χ0n) is 32.2. The van der Waals surface area contributed by atoms with Gasteiger partial charge >= 0.3 is 5.97 Å². The molecule has 7 aliphatic rings. The van der Waals surface area contributed by atoms with Crippen LogP contribution in [0, 0.1) is 13.8 Å². The number of methoxy groups -OCH3 is 1. The number of rotatable bonds is 2. The fourth-order valence-corrected chi connectivity index (χ4v) is 12.6. The number of ketones is 1. The van der Waals surface area contributed by atoms with Crippen molar-refractivity contribution in [3.63, 3.8) is 0 Å². The molecule has 7 aliphatic heterocycles. The molecule has 14 heteroatoms. The Balaban J connectivity index is 1.25. The lowest BCUT2D eigenvalue weighted by Gasteiger charge is -2.61.